The van der Waals surface area contributed by atoms with Gasteiger partial charge in [0.05, 0.1) is 0 Å². The molecule has 0 spiro atoms. The van der Waals surface area contributed by atoms with Crippen molar-refractivity contribution in [2.24, 2.45) is 0 Å². The van der Waals surface area contributed by atoms with Gasteiger partial charge in [-0.25, -0.2) is 0 Å². The third kappa shape index (κ3) is 43.8. The standard InChI is InChI=1S/C51H86O6/c1-4-7-10-13-16-19-22-25-28-31-34-37-40-43-49(52)55-46-48(57-51(54)45-42-39-36-33-30-27-24-21-18-15-12-9-6-3)47-56-50(53)44-41-38-35-32-29-26-23-20-17-14-11-8-5-2/h7,10,13,16,19,22,26-27,29-30,36,39,48H,4-6,8-9,11-12,14-15,17-18,20-21,23-25,28,31-35,37-38,40-47H2,1-3H3/b10-7+,16-13+,22-19+,29-26+,30-27+,39-36+. The van der Waals surface area contributed by atoms with Crippen molar-refractivity contribution in [3.8, 4) is 0 Å². The van der Waals surface area contributed by atoms with E-state index in [1.54, 1.807) is 0 Å². The molecule has 0 amide bonds. The Bertz CT molecular complexity index is 1100. The number of esters is 3. The largest absolute Gasteiger partial charge is 0.462 e. The first-order chi connectivity index (χ1) is 28.0. The molecule has 0 heterocycles. The SMILES string of the molecule is CC/C=C/C=C/C=C/CCCCCCCC(=O)OCC(COC(=O)CCCCC/C=C/CCCCCCCC)OC(=O)CC/C=C/C/C=C/CCCCCCCC. The fourth-order valence-electron chi connectivity index (χ4n) is 6.19. The molecule has 0 N–H and O–H groups in total. The lowest BCUT2D eigenvalue weighted by Crippen LogP contribution is -2.30. The molecule has 1 unspecified atom stereocenters. The van der Waals surface area contributed by atoms with Crippen molar-refractivity contribution in [1.29, 1.82) is 0 Å². The molecular formula is C51H86O6. The summed E-state index contributed by atoms with van der Waals surface area (Å²) in [6.45, 7) is 6.39. The van der Waals surface area contributed by atoms with Gasteiger partial charge >= 0.3 is 17.9 Å². The van der Waals surface area contributed by atoms with Crippen LogP contribution in [-0.2, 0) is 28.6 Å². The van der Waals surface area contributed by atoms with Gasteiger partial charge in [0.15, 0.2) is 6.10 Å². The maximum Gasteiger partial charge on any atom is 0.306 e. The lowest BCUT2D eigenvalue weighted by Gasteiger charge is -2.18. The monoisotopic (exact) mass is 795 g/mol. The van der Waals surface area contributed by atoms with Crippen LogP contribution in [0.25, 0.3) is 0 Å². The zero-order chi connectivity index (χ0) is 41.5. The summed E-state index contributed by atoms with van der Waals surface area (Å²) in [5.74, 6) is -1.02. The maximum absolute atomic E-state index is 12.7. The van der Waals surface area contributed by atoms with Gasteiger partial charge in [0.1, 0.15) is 13.2 Å². The third-order valence-corrected chi connectivity index (χ3v) is 9.74. The van der Waals surface area contributed by atoms with Crippen molar-refractivity contribution >= 4 is 17.9 Å². The normalized spacial score (nSPS) is 12.7. The van der Waals surface area contributed by atoms with E-state index in [0.717, 1.165) is 89.9 Å². The predicted octanol–water partition coefficient (Wildman–Crippen LogP) is 15.1. The predicted molar refractivity (Wildman–Crippen MR) is 242 cm³/mol. The average Bonchev–Trinajstić information content (AvgIpc) is 3.21. The topological polar surface area (TPSA) is 78.9 Å². The van der Waals surface area contributed by atoms with Gasteiger partial charge in [-0.2, -0.15) is 0 Å². The highest BCUT2D eigenvalue weighted by atomic mass is 16.6. The van der Waals surface area contributed by atoms with Crippen molar-refractivity contribution in [2.75, 3.05) is 13.2 Å². The van der Waals surface area contributed by atoms with Crippen LogP contribution < -0.4 is 0 Å². The van der Waals surface area contributed by atoms with Gasteiger partial charge < -0.3 is 14.2 Å². The molecule has 0 aliphatic carbocycles. The minimum Gasteiger partial charge on any atom is -0.462 e. The lowest BCUT2D eigenvalue weighted by molar-refractivity contribution is -0.166. The van der Waals surface area contributed by atoms with Crippen LogP contribution in [0.2, 0.25) is 0 Å². The Labute approximate surface area is 351 Å². The van der Waals surface area contributed by atoms with E-state index in [9.17, 15) is 14.4 Å². The Balaban J connectivity index is 4.51. The van der Waals surface area contributed by atoms with E-state index in [1.807, 2.05) is 6.08 Å². The Morgan fingerprint density at radius 1 is 0.386 bits per heavy atom. The first kappa shape index (κ1) is 53.9. The highest BCUT2D eigenvalue weighted by Gasteiger charge is 2.19. The van der Waals surface area contributed by atoms with Gasteiger partial charge in [0, 0.05) is 19.3 Å². The minimum atomic E-state index is -0.818. The van der Waals surface area contributed by atoms with E-state index in [-0.39, 0.29) is 37.5 Å². The van der Waals surface area contributed by atoms with Crippen LogP contribution in [0.1, 0.15) is 213 Å². The van der Waals surface area contributed by atoms with E-state index in [4.69, 9.17) is 14.2 Å². The summed E-state index contributed by atoms with van der Waals surface area (Å²) in [5.41, 5.74) is 0. The number of ether oxygens (including phenoxy) is 3. The summed E-state index contributed by atoms with van der Waals surface area (Å²) in [4.78, 5) is 37.7. The molecule has 0 aliphatic rings. The van der Waals surface area contributed by atoms with Crippen LogP contribution in [0.15, 0.2) is 72.9 Å². The average molecular weight is 795 g/mol. The molecule has 0 fully saturated rings. The molecule has 0 rings (SSSR count). The quantitative estimate of drug-likeness (QED) is 0.0202. The summed E-state index contributed by atoms with van der Waals surface area (Å²) >= 11 is 0. The summed E-state index contributed by atoms with van der Waals surface area (Å²) in [6.07, 6.45) is 56.1. The van der Waals surface area contributed by atoms with Crippen LogP contribution in [0.4, 0.5) is 0 Å². The number of rotatable bonds is 41. The molecule has 6 heteroatoms. The summed E-state index contributed by atoms with van der Waals surface area (Å²) < 4.78 is 16.6. The highest BCUT2D eigenvalue weighted by molar-refractivity contribution is 5.71. The van der Waals surface area contributed by atoms with Crippen LogP contribution in [0, 0.1) is 0 Å². The second-order valence-corrected chi connectivity index (χ2v) is 15.3. The van der Waals surface area contributed by atoms with Crippen LogP contribution in [0.5, 0.6) is 0 Å². The van der Waals surface area contributed by atoms with Crippen molar-refractivity contribution in [2.45, 2.75) is 219 Å². The zero-order valence-corrected chi connectivity index (χ0v) is 37.1. The van der Waals surface area contributed by atoms with Gasteiger partial charge in [0.2, 0.25) is 0 Å². The number of carbonyl (C=O) groups excluding carboxylic acids is 3. The van der Waals surface area contributed by atoms with E-state index in [0.29, 0.717) is 19.3 Å². The number of unbranched alkanes of at least 4 members (excludes halogenated alkanes) is 20. The molecule has 57 heavy (non-hydrogen) atoms. The molecule has 0 saturated carbocycles. The van der Waals surface area contributed by atoms with Gasteiger partial charge in [-0.05, 0) is 83.5 Å². The lowest BCUT2D eigenvalue weighted by atomic mass is 10.1. The molecule has 0 aromatic carbocycles. The molecule has 6 nitrogen and oxygen atoms in total. The van der Waals surface area contributed by atoms with E-state index in [1.165, 1.54) is 77.0 Å². The van der Waals surface area contributed by atoms with Crippen molar-refractivity contribution in [3.63, 3.8) is 0 Å². The number of allylic oxidation sites excluding steroid dienone is 12. The van der Waals surface area contributed by atoms with Gasteiger partial charge in [-0.15, -0.1) is 0 Å². The molecule has 1 atom stereocenters. The smallest absolute Gasteiger partial charge is 0.306 e. The zero-order valence-electron chi connectivity index (χ0n) is 37.1. The minimum absolute atomic E-state index is 0.113. The summed E-state index contributed by atoms with van der Waals surface area (Å²) in [6, 6.07) is 0. The molecule has 0 aliphatic heterocycles. The van der Waals surface area contributed by atoms with E-state index >= 15 is 0 Å². The molecule has 0 radical (unpaired) electrons. The number of hydrogen-bond acceptors (Lipinski definition) is 6. The van der Waals surface area contributed by atoms with Gasteiger partial charge in [0.25, 0.3) is 0 Å². The Kier molecular flexibility index (Phi) is 43.0. The van der Waals surface area contributed by atoms with Crippen molar-refractivity contribution < 1.29 is 28.6 Å². The Hall–Kier alpha value is -3.15. The summed E-state index contributed by atoms with van der Waals surface area (Å²) in [5, 5.41) is 0. The number of carbonyl (C=O) groups is 3. The molecule has 0 saturated heterocycles. The molecule has 0 aromatic rings. The fourth-order valence-corrected chi connectivity index (χ4v) is 6.19. The van der Waals surface area contributed by atoms with E-state index in [2.05, 4.69) is 87.6 Å². The van der Waals surface area contributed by atoms with E-state index < -0.39 is 6.10 Å². The molecule has 0 bridgehead atoms. The first-order valence-corrected chi connectivity index (χ1v) is 23.5. The Morgan fingerprint density at radius 2 is 0.789 bits per heavy atom. The van der Waals surface area contributed by atoms with Crippen molar-refractivity contribution in [1.82, 2.24) is 0 Å². The molecule has 326 valence electrons. The summed E-state index contributed by atoms with van der Waals surface area (Å²) in [7, 11) is 0. The highest BCUT2D eigenvalue weighted by Crippen LogP contribution is 2.12. The fraction of sp³-hybridized carbons (Fsp3) is 0.706. The first-order valence-electron chi connectivity index (χ1n) is 23.5. The van der Waals surface area contributed by atoms with Crippen LogP contribution in [-0.4, -0.2) is 37.2 Å². The van der Waals surface area contributed by atoms with Crippen LogP contribution in [0.3, 0.4) is 0 Å². The molecule has 0 aromatic heterocycles. The van der Waals surface area contributed by atoms with Gasteiger partial charge in [-0.1, -0.05) is 184 Å². The molecular weight excluding hydrogens is 709 g/mol. The second kappa shape index (κ2) is 45.6. The number of hydrogen-bond donors (Lipinski definition) is 0. The van der Waals surface area contributed by atoms with Crippen LogP contribution >= 0.6 is 0 Å². The third-order valence-electron chi connectivity index (χ3n) is 9.74. The maximum atomic E-state index is 12.7. The second-order valence-electron chi connectivity index (χ2n) is 15.3. The van der Waals surface area contributed by atoms with Gasteiger partial charge in [-0.3, -0.25) is 14.4 Å². The van der Waals surface area contributed by atoms with Crippen molar-refractivity contribution in [3.05, 3.63) is 72.9 Å². The Morgan fingerprint density at radius 3 is 1.30 bits per heavy atom.